The second kappa shape index (κ2) is 4.65. The van der Waals surface area contributed by atoms with Crippen molar-refractivity contribution >= 4 is 5.95 Å². The summed E-state index contributed by atoms with van der Waals surface area (Å²) in [6, 6.07) is 2.47. The van der Waals surface area contributed by atoms with Gasteiger partial charge < -0.3 is 10.2 Å². The molecule has 0 aliphatic carbocycles. The van der Waals surface area contributed by atoms with Gasteiger partial charge in [-0.25, -0.2) is 0 Å². The molecule has 102 valence electrons. The number of rotatable bonds is 2. The van der Waals surface area contributed by atoms with E-state index >= 15 is 0 Å². The first-order chi connectivity index (χ1) is 9.13. The molecule has 2 aromatic rings. The summed E-state index contributed by atoms with van der Waals surface area (Å²) < 4.78 is 1.82. The predicted molar refractivity (Wildman–Crippen MR) is 73.0 cm³/mol. The van der Waals surface area contributed by atoms with Gasteiger partial charge in [0.1, 0.15) is 5.69 Å². The lowest BCUT2D eigenvalue weighted by molar-refractivity contribution is 0.480. The van der Waals surface area contributed by atoms with Gasteiger partial charge in [0.2, 0.25) is 5.95 Å². The number of nitrogens with one attached hydrogen (secondary N) is 2. The topological polar surface area (TPSA) is 74.7 Å². The van der Waals surface area contributed by atoms with Gasteiger partial charge in [-0.15, -0.1) is 5.10 Å². The van der Waals surface area contributed by atoms with Crippen LogP contribution < -0.4 is 10.2 Å². The summed E-state index contributed by atoms with van der Waals surface area (Å²) in [6.45, 7) is 6.98. The molecule has 0 bridgehead atoms. The first kappa shape index (κ1) is 12.2. The first-order valence-electron chi connectivity index (χ1n) is 6.55. The summed E-state index contributed by atoms with van der Waals surface area (Å²) >= 11 is 0. The molecule has 1 atom stereocenters. The molecule has 3 heterocycles. The van der Waals surface area contributed by atoms with E-state index in [9.17, 15) is 0 Å². The Labute approximate surface area is 112 Å². The van der Waals surface area contributed by atoms with Gasteiger partial charge in [-0.2, -0.15) is 10.1 Å². The van der Waals surface area contributed by atoms with Gasteiger partial charge in [0, 0.05) is 32.7 Å². The van der Waals surface area contributed by atoms with E-state index in [1.807, 2.05) is 24.7 Å². The number of aryl methyl sites for hydroxylation is 2. The number of H-pyrrole nitrogens is 1. The fourth-order valence-electron chi connectivity index (χ4n) is 2.46. The Morgan fingerprint density at radius 1 is 1.42 bits per heavy atom. The first-order valence-corrected chi connectivity index (χ1v) is 6.55. The zero-order valence-corrected chi connectivity index (χ0v) is 11.5. The van der Waals surface area contributed by atoms with Crippen molar-refractivity contribution in [3.05, 3.63) is 11.8 Å². The van der Waals surface area contributed by atoms with Gasteiger partial charge in [-0.05, 0) is 19.9 Å². The Kier molecular flexibility index (Phi) is 2.98. The largest absolute Gasteiger partial charge is 0.337 e. The van der Waals surface area contributed by atoms with Crippen LogP contribution in [0.15, 0.2) is 6.07 Å². The van der Waals surface area contributed by atoms with Gasteiger partial charge in [0.05, 0.1) is 5.69 Å². The smallest absolute Gasteiger partial charge is 0.245 e. The molecule has 2 aromatic heterocycles. The van der Waals surface area contributed by atoms with Crippen LogP contribution in [-0.4, -0.2) is 50.6 Å². The van der Waals surface area contributed by atoms with Gasteiger partial charge >= 0.3 is 0 Å². The molecule has 1 fully saturated rings. The number of nitrogens with zero attached hydrogens (tertiary/aromatic N) is 5. The number of hydrogen-bond donors (Lipinski definition) is 2. The second-order valence-electron chi connectivity index (χ2n) is 5.08. The number of aromatic nitrogens is 5. The average molecular weight is 261 g/mol. The average Bonchev–Trinajstić information content (AvgIpc) is 2.96. The van der Waals surface area contributed by atoms with Crippen molar-refractivity contribution in [2.24, 2.45) is 7.05 Å². The Morgan fingerprint density at radius 2 is 2.26 bits per heavy atom. The molecule has 7 nitrogen and oxygen atoms in total. The van der Waals surface area contributed by atoms with E-state index in [2.05, 4.69) is 37.4 Å². The molecular formula is C12H19N7. The van der Waals surface area contributed by atoms with E-state index in [4.69, 9.17) is 0 Å². The lowest BCUT2D eigenvalue weighted by Crippen LogP contribution is -2.49. The quantitative estimate of drug-likeness (QED) is 0.814. The Balaban J connectivity index is 1.85. The summed E-state index contributed by atoms with van der Waals surface area (Å²) in [5.41, 5.74) is 1.94. The summed E-state index contributed by atoms with van der Waals surface area (Å²) in [5.74, 6) is 1.53. The van der Waals surface area contributed by atoms with Crippen molar-refractivity contribution in [3.63, 3.8) is 0 Å². The van der Waals surface area contributed by atoms with Crippen LogP contribution in [0.4, 0.5) is 5.95 Å². The van der Waals surface area contributed by atoms with Crippen molar-refractivity contribution in [1.82, 2.24) is 30.3 Å². The monoisotopic (exact) mass is 261 g/mol. The minimum Gasteiger partial charge on any atom is -0.337 e. The minimum atomic E-state index is 0.467. The molecule has 1 saturated heterocycles. The summed E-state index contributed by atoms with van der Waals surface area (Å²) in [4.78, 5) is 6.78. The molecule has 0 radical (unpaired) electrons. The van der Waals surface area contributed by atoms with E-state index in [1.54, 1.807) is 0 Å². The summed E-state index contributed by atoms with van der Waals surface area (Å²) in [5, 5.41) is 15.1. The lowest BCUT2D eigenvalue weighted by atomic mass is 10.2. The van der Waals surface area contributed by atoms with Crippen molar-refractivity contribution in [1.29, 1.82) is 0 Å². The highest BCUT2D eigenvalue weighted by atomic mass is 15.4. The summed E-state index contributed by atoms with van der Waals surface area (Å²) in [7, 11) is 1.91. The fraction of sp³-hybridized carbons (Fsp3) is 0.583. The summed E-state index contributed by atoms with van der Waals surface area (Å²) in [6.07, 6.45) is 0. The molecular weight excluding hydrogens is 242 g/mol. The highest BCUT2D eigenvalue weighted by Gasteiger charge is 2.20. The maximum atomic E-state index is 4.58. The molecule has 0 aromatic carbocycles. The number of hydrogen-bond acceptors (Lipinski definition) is 5. The van der Waals surface area contributed by atoms with Crippen molar-refractivity contribution in [2.45, 2.75) is 19.9 Å². The molecule has 0 amide bonds. The molecule has 1 aliphatic heterocycles. The van der Waals surface area contributed by atoms with Crippen LogP contribution >= 0.6 is 0 Å². The van der Waals surface area contributed by atoms with E-state index < -0.39 is 0 Å². The second-order valence-corrected chi connectivity index (χ2v) is 5.08. The SMILES string of the molecule is Cc1cc(-c2nc(N3CCN[C@H](C)C3)n[nH]2)n(C)n1. The number of aromatic amines is 1. The lowest BCUT2D eigenvalue weighted by Gasteiger charge is -2.30. The van der Waals surface area contributed by atoms with Gasteiger partial charge in [0.25, 0.3) is 0 Å². The highest BCUT2D eigenvalue weighted by molar-refractivity contribution is 5.52. The van der Waals surface area contributed by atoms with Crippen molar-refractivity contribution < 1.29 is 0 Å². The zero-order chi connectivity index (χ0) is 13.4. The van der Waals surface area contributed by atoms with E-state index in [1.165, 1.54) is 0 Å². The van der Waals surface area contributed by atoms with Crippen LogP contribution in [0, 0.1) is 6.92 Å². The standard InChI is InChI=1S/C12H19N7/c1-8-6-10(18(3)17-8)11-14-12(16-15-11)19-5-4-13-9(2)7-19/h6,9,13H,4-5,7H2,1-3H3,(H,14,15,16)/t9-/m1/s1. The third kappa shape index (κ3) is 2.33. The Hall–Kier alpha value is -1.89. The molecule has 2 N–H and O–H groups in total. The van der Waals surface area contributed by atoms with Crippen LogP contribution in [0.5, 0.6) is 0 Å². The van der Waals surface area contributed by atoms with Crippen LogP contribution in [0.25, 0.3) is 11.5 Å². The molecule has 0 unspecified atom stereocenters. The molecule has 19 heavy (non-hydrogen) atoms. The molecule has 0 saturated carbocycles. The Morgan fingerprint density at radius 3 is 2.95 bits per heavy atom. The maximum absolute atomic E-state index is 4.58. The van der Waals surface area contributed by atoms with Gasteiger partial charge in [0.15, 0.2) is 5.82 Å². The third-order valence-electron chi connectivity index (χ3n) is 3.37. The van der Waals surface area contributed by atoms with Crippen molar-refractivity contribution in [2.75, 3.05) is 24.5 Å². The third-order valence-corrected chi connectivity index (χ3v) is 3.37. The van der Waals surface area contributed by atoms with Gasteiger partial charge in [-0.3, -0.25) is 9.78 Å². The molecule has 1 aliphatic rings. The van der Waals surface area contributed by atoms with Crippen LogP contribution in [0.2, 0.25) is 0 Å². The minimum absolute atomic E-state index is 0.467. The van der Waals surface area contributed by atoms with Crippen molar-refractivity contribution in [3.8, 4) is 11.5 Å². The maximum Gasteiger partial charge on any atom is 0.245 e. The molecule has 7 heteroatoms. The normalized spacial score (nSPS) is 19.9. The number of anilines is 1. The zero-order valence-electron chi connectivity index (χ0n) is 11.5. The number of piperazine rings is 1. The highest BCUT2D eigenvalue weighted by Crippen LogP contribution is 2.18. The van der Waals surface area contributed by atoms with Crippen LogP contribution in [0.1, 0.15) is 12.6 Å². The fourth-order valence-corrected chi connectivity index (χ4v) is 2.46. The van der Waals surface area contributed by atoms with Crippen LogP contribution in [-0.2, 0) is 7.05 Å². The van der Waals surface area contributed by atoms with E-state index in [0.29, 0.717) is 6.04 Å². The van der Waals surface area contributed by atoms with Gasteiger partial charge in [-0.1, -0.05) is 0 Å². The van der Waals surface area contributed by atoms with E-state index in [0.717, 1.165) is 42.8 Å². The van der Waals surface area contributed by atoms with E-state index in [-0.39, 0.29) is 0 Å². The molecule has 3 rings (SSSR count). The predicted octanol–water partition coefficient (Wildman–Crippen LogP) is 0.312. The molecule has 0 spiro atoms. The van der Waals surface area contributed by atoms with Crippen LogP contribution in [0.3, 0.4) is 0 Å². The Bertz CT molecular complexity index is 570.